The van der Waals surface area contributed by atoms with Crippen LogP contribution in [-0.4, -0.2) is 4.57 Å². The van der Waals surface area contributed by atoms with Gasteiger partial charge in [0.1, 0.15) is 0 Å². The first-order valence-electron chi connectivity index (χ1n) is 18.5. The van der Waals surface area contributed by atoms with Gasteiger partial charge in [-0.2, -0.15) is 0 Å². The van der Waals surface area contributed by atoms with Crippen LogP contribution in [0.5, 0.6) is 0 Å². The van der Waals surface area contributed by atoms with E-state index in [1.54, 1.807) is 0 Å². The van der Waals surface area contributed by atoms with E-state index in [0.29, 0.717) is 0 Å². The molecule has 0 bridgehead atoms. The Balaban J connectivity index is 1.23. The third-order valence-corrected chi connectivity index (χ3v) is 10.6. The molecule has 0 spiro atoms. The summed E-state index contributed by atoms with van der Waals surface area (Å²) in [5.74, 6) is 0. The number of anilines is 3. The van der Waals surface area contributed by atoms with Gasteiger partial charge in [-0.15, -0.1) is 0 Å². The summed E-state index contributed by atoms with van der Waals surface area (Å²) < 4.78 is 2.46. The molecule has 0 atom stereocenters. The second-order valence-corrected chi connectivity index (χ2v) is 13.7. The van der Waals surface area contributed by atoms with E-state index in [2.05, 4.69) is 228 Å². The highest BCUT2D eigenvalue weighted by atomic mass is 15.2. The SMILES string of the molecule is c1ccc(-c2cccc(-c3ccccc3N(c3ccccc3)c3cccc4c3c3ccccc3n4-c3ccccc3-c3cccc4ccccc34)c2)cc1. The van der Waals surface area contributed by atoms with E-state index >= 15 is 0 Å². The van der Waals surface area contributed by atoms with Gasteiger partial charge in [0.25, 0.3) is 0 Å². The maximum absolute atomic E-state index is 2.46. The Hall–Kier alpha value is -7.16. The van der Waals surface area contributed by atoms with Gasteiger partial charge in [0.05, 0.1) is 28.1 Å². The van der Waals surface area contributed by atoms with Crippen molar-refractivity contribution in [1.82, 2.24) is 4.57 Å². The molecule has 0 radical (unpaired) electrons. The molecule has 0 aliphatic heterocycles. The van der Waals surface area contributed by atoms with Crippen molar-refractivity contribution < 1.29 is 0 Å². The molecule has 54 heavy (non-hydrogen) atoms. The van der Waals surface area contributed by atoms with Gasteiger partial charge < -0.3 is 9.47 Å². The summed E-state index contributed by atoms with van der Waals surface area (Å²) >= 11 is 0. The van der Waals surface area contributed by atoms with E-state index < -0.39 is 0 Å². The van der Waals surface area contributed by atoms with Crippen molar-refractivity contribution in [2.75, 3.05) is 4.90 Å². The molecule has 1 heterocycles. The van der Waals surface area contributed by atoms with Crippen molar-refractivity contribution in [2.24, 2.45) is 0 Å². The smallest absolute Gasteiger partial charge is 0.0562 e. The predicted molar refractivity (Wildman–Crippen MR) is 229 cm³/mol. The third-order valence-electron chi connectivity index (χ3n) is 10.6. The zero-order valence-electron chi connectivity index (χ0n) is 29.7. The number of para-hydroxylation sites is 4. The summed E-state index contributed by atoms with van der Waals surface area (Å²) in [7, 11) is 0. The summed E-state index contributed by atoms with van der Waals surface area (Å²) in [6.45, 7) is 0. The maximum atomic E-state index is 2.46. The molecule has 0 amide bonds. The van der Waals surface area contributed by atoms with Crippen molar-refractivity contribution in [3.8, 4) is 39.1 Å². The number of hydrogen-bond donors (Lipinski definition) is 0. The standard InChI is InChI=1S/C52H36N2/c1-3-18-37(19-4-1)39-22-15-23-40(36-39)43-27-9-12-31-47(43)53(41-24-5-2-6-25-41)50-34-17-35-51-52(50)46-29-11-14-33-49(46)54(51)48-32-13-10-28-45(48)44-30-16-21-38-20-7-8-26-42(38)44/h1-36H. The van der Waals surface area contributed by atoms with Crippen molar-refractivity contribution in [2.45, 2.75) is 0 Å². The van der Waals surface area contributed by atoms with Gasteiger partial charge in [0, 0.05) is 27.6 Å². The van der Waals surface area contributed by atoms with Crippen molar-refractivity contribution in [3.63, 3.8) is 0 Å². The number of nitrogens with zero attached hydrogens (tertiary/aromatic N) is 2. The van der Waals surface area contributed by atoms with Crippen LogP contribution in [0, 0.1) is 0 Å². The van der Waals surface area contributed by atoms with E-state index in [0.717, 1.165) is 28.3 Å². The Morgan fingerprint density at radius 2 is 0.889 bits per heavy atom. The lowest BCUT2D eigenvalue weighted by Gasteiger charge is -2.29. The van der Waals surface area contributed by atoms with Gasteiger partial charge in [0.2, 0.25) is 0 Å². The number of aromatic nitrogens is 1. The molecular weight excluding hydrogens is 653 g/mol. The largest absolute Gasteiger partial charge is 0.309 e. The summed E-state index contributed by atoms with van der Waals surface area (Å²) in [5.41, 5.74) is 14.0. The summed E-state index contributed by atoms with van der Waals surface area (Å²) in [6, 6.07) is 78.9. The molecule has 2 nitrogen and oxygen atoms in total. The maximum Gasteiger partial charge on any atom is 0.0562 e. The molecule has 0 fully saturated rings. The van der Waals surface area contributed by atoms with Crippen molar-refractivity contribution >= 4 is 49.6 Å². The normalized spacial score (nSPS) is 11.3. The monoisotopic (exact) mass is 688 g/mol. The molecule has 0 N–H and O–H groups in total. The van der Waals surface area contributed by atoms with Gasteiger partial charge in [-0.05, 0) is 81.6 Å². The minimum absolute atomic E-state index is 1.10. The topological polar surface area (TPSA) is 8.17 Å². The molecule has 10 rings (SSSR count). The Morgan fingerprint density at radius 1 is 0.333 bits per heavy atom. The lowest BCUT2D eigenvalue weighted by molar-refractivity contribution is 1.18. The molecule has 254 valence electrons. The van der Waals surface area contributed by atoms with Crippen LogP contribution in [0.4, 0.5) is 17.1 Å². The minimum Gasteiger partial charge on any atom is -0.309 e. The zero-order chi connectivity index (χ0) is 35.8. The second-order valence-electron chi connectivity index (χ2n) is 13.7. The van der Waals surface area contributed by atoms with Crippen molar-refractivity contribution in [3.05, 3.63) is 218 Å². The molecule has 1 aromatic heterocycles. The van der Waals surface area contributed by atoms with Crippen LogP contribution in [0.1, 0.15) is 0 Å². The molecule has 0 aliphatic rings. The summed E-state index contributed by atoms with van der Waals surface area (Å²) in [5, 5.41) is 4.90. The van der Waals surface area contributed by atoms with E-state index in [9.17, 15) is 0 Å². The van der Waals surface area contributed by atoms with E-state index in [1.165, 1.54) is 60.4 Å². The molecule has 0 unspecified atom stereocenters. The molecule has 10 aromatic rings. The van der Waals surface area contributed by atoms with Crippen LogP contribution < -0.4 is 4.90 Å². The average molecular weight is 689 g/mol. The van der Waals surface area contributed by atoms with Crippen LogP contribution >= 0.6 is 0 Å². The number of hydrogen-bond acceptors (Lipinski definition) is 1. The first-order valence-corrected chi connectivity index (χ1v) is 18.5. The van der Waals surface area contributed by atoms with Crippen LogP contribution in [0.15, 0.2) is 218 Å². The molecular formula is C52H36N2. The number of rotatable bonds is 7. The molecule has 9 aromatic carbocycles. The quantitative estimate of drug-likeness (QED) is 0.162. The highest BCUT2D eigenvalue weighted by Gasteiger charge is 2.24. The van der Waals surface area contributed by atoms with E-state index in [-0.39, 0.29) is 0 Å². The Morgan fingerprint density at radius 3 is 1.76 bits per heavy atom. The van der Waals surface area contributed by atoms with Crippen LogP contribution in [0.25, 0.3) is 71.6 Å². The first-order chi connectivity index (χ1) is 26.8. The van der Waals surface area contributed by atoms with E-state index in [1.807, 2.05) is 0 Å². The van der Waals surface area contributed by atoms with Crippen LogP contribution in [-0.2, 0) is 0 Å². The fourth-order valence-electron chi connectivity index (χ4n) is 8.20. The lowest BCUT2D eigenvalue weighted by Crippen LogP contribution is -2.11. The molecule has 0 saturated heterocycles. The third kappa shape index (κ3) is 5.36. The highest BCUT2D eigenvalue weighted by molar-refractivity contribution is 6.17. The second kappa shape index (κ2) is 13.4. The fourth-order valence-corrected chi connectivity index (χ4v) is 8.20. The molecule has 0 aliphatic carbocycles. The minimum atomic E-state index is 1.10. The van der Waals surface area contributed by atoms with E-state index in [4.69, 9.17) is 0 Å². The number of benzene rings is 9. The summed E-state index contributed by atoms with van der Waals surface area (Å²) in [6.07, 6.45) is 0. The van der Waals surface area contributed by atoms with Gasteiger partial charge >= 0.3 is 0 Å². The van der Waals surface area contributed by atoms with Gasteiger partial charge in [-0.3, -0.25) is 0 Å². The predicted octanol–water partition coefficient (Wildman–Crippen LogP) is 14.4. The average Bonchev–Trinajstić information content (AvgIpc) is 3.59. The number of fused-ring (bicyclic) bond motifs is 4. The van der Waals surface area contributed by atoms with Crippen LogP contribution in [0.3, 0.4) is 0 Å². The van der Waals surface area contributed by atoms with Gasteiger partial charge in [0.15, 0.2) is 0 Å². The fraction of sp³-hybridized carbons (Fsp3) is 0. The zero-order valence-corrected chi connectivity index (χ0v) is 29.7. The van der Waals surface area contributed by atoms with Crippen molar-refractivity contribution in [1.29, 1.82) is 0 Å². The van der Waals surface area contributed by atoms with Gasteiger partial charge in [-0.1, -0.05) is 170 Å². The summed E-state index contributed by atoms with van der Waals surface area (Å²) in [4.78, 5) is 2.44. The van der Waals surface area contributed by atoms with Crippen LogP contribution in [0.2, 0.25) is 0 Å². The molecule has 2 heteroatoms. The lowest BCUT2D eigenvalue weighted by atomic mass is 9.96. The Bertz CT molecular complexity index is 2930. The molecule has 0 saturated carbocycles. The highest BCUT2D eigenvalue weighted by Crippen LogP contribution is 2.47. The Kier molecular flexibility index (Phi) is 7.85. The van der Waals surface area contributed by atoms with Gasteiger partial charge in [-0.25, -0.2) is 0 Å². The first kappa shape index (κ1) is 31.6. The Labute approximate surface area is 315 Å².